The first-order chi connectivity index (χ1) is 6.40. The minimum atomic E-state index is -4.28. The first-order valence-corrected chi connectivity index (χ1v) is 7.26. The van der Waals surface area contributed by atoms with Gasteiger partial charge in [-0.05, 0) is 11.4 Å². The standard InChI is InChI=1S/C6H11O5PS2/c1-2-3-11-6(7)5(4-13)14-12(8,9)10/h2,5,13H,1,3-4H2,(H2,8,9,10). The third-order valence-corrected chi connectivity index (χ3v) is 4.12. The lowest BCUT2D eigenvalue weighted by molar-refractivity contribution is -0.141. The summed E-state index contributed by atoms with van der Waals surface area (Å²) in [5.41, 5.74) is 0. The van der Waals surface area contributed by atoms with Crippen LogP contribution in [0.4, 0.5) is 0 Å². The van der Waals surface area contributed by atoms with Crippen molar-refractivity contribution < 1.29 is 23.9 Å². The number of carbonyl (C=O) groups excluding carboxylic acids is 1. The zero-order valence-electron chi connectivity index (χ0n) is 7.20. The van der Waals surface area contributed by atoms with E-state index < -0.39 is 18.0 Å². The zero-order valence-corrected chi connectivity index (χ0v) is 9.80. The van der Waals surface area contributed by atoms with Crippen molar-refractivity contribution in [2.24, 2.45) is 0 Å². The number of hydrogen-bond donors (Lipinski definition) is 3. The van der Waals surface area contributed by atoms with E-state index >= 15 is 0 Å². The number of rotatable bonds is 6. The van der Waals surface area contributed by atoms with Crippen LogP contribution in [0, 0.1) is 0 Å². The molecule has 0 rings (SSSR count). The van der Waals surface area contributed by atoms with Gasteiger partial charge in [0.2, 0.25) is 0 Å². The summed E-state index contributed by atoms with van der Waals surface area (Å²) in [4.78, 5) is 28.3. The molecule has 1 atom stereocenters. The number of esters is 1. The van der Waals surface area contributed by atoms with Crippen LogP contribution in [-0.2, 0) is 14.1 Å². The Morgan fingerprint density at radius 1 is 1.71 bits per heavy atom. The highest BCUT2D eigenvalue weighted by Crippen LogP contribution is 2.52. The second-order valence-corrected chi connectivity index (χ2v) is 6.37. The van der Waals surface area contributed by atoms with E-state index in [0.717, 1.165) is 0 Å². The van der Waals surface area contributed by atoms with Crippen molar-refractivity contribution >= 4 is 36.8 Å². The van der Waals surface area contributed by atoms with E-state index in [0.29, 0.717) is 0 Å². The largest absolute Gasteiger partial charge is 0.461 e. The monoisotopic (exact) mass is 258 g/mol. The zero-order chi connectivity index (χ0) is 11.2. The van der Waals surface area contributed by atoms with E-state index in [9.17, 15) is 9.36 Å². The molecular formula is C6H11O5PS2. The van der Waals surface area contributed by atoms with Crippen molar-refractivity contribution in [2.45, 2.75) is 5.25 Å². The van der Waals surface area contributed by atoms with Crippen molar-refractivity contribution in [1.82, 2.24) is 0 Å². The maximum Gasteiger partial charge on any atom is 0.384 e. The Labute approximate surface area is 91.2 Å². The molecule has 14 heavy (non-hydrogen) atoms. The lowest BCUT2D eigenvalue weighted by Crippen LogP contribution is -2.21. The molecule has 0 aliphatic rings. The first kappa shape index (κ1) is 14.1. The van der Waals surface area contributed by atoms with Crippen LogP contribution < -0.4 is 0 Å². The van der Waals surface area contributed by atoms with Crippen LogP contribution in [0.3, 0.4) is 0 Å². The van der Waals surface area contributed by atoms with Crippen LogP contribution in [0.5, 0.6) is 0 Å². The predicted molar refractivity (Wildman–Crippen MR) is 58.4 cm³/mol. The summed E-state index contributed by atoms with van der Waals surface area (Å²) < 4.78 is 15.2. The highest BCUT2D eigenvalue weighted by molar-refractivity contribution is 8.55. The Kier molecular flexibility index (Phi) is 6.55. The molecule has 0 aliphatic heterocycles. The molecule has 5 nitrogen and oxygen atoms in total. The molecule has 0 amide bonds. The molecule has 0 aromatic carbocycles. The van der Waals surface area contributed by atoms with E-state index in [2.05, 4.69) is 23.9 Å². The van der Waals surface area contributed by atoms with Crippen molar-refractivity contribution in [2.75, 3.05) is 12.4 Å². The SMILES string of the molecule is C=CCOC(=O)C(CS)SP(=O)(O)O. The Bertz CT molecular complexity index is 251. The van der Waals surface area contributed by atoms with Gasteiger partial charge in [-0.2, -0.15) is 12.6 Å². The minimum absolute atomic E-state index is 0.00571. The summed E-state index contributed by atoms with van der Waals surface area (Å²) in [5.74, 6) is -0.695. The van der Waals surface area contributed by atoms with Crippen LogP contribution in [-0.4, -0.2) is 33.4 Å². The Morgan fingerprint density at radius 2 is 2.29 bits per heavy atom. The number of hydrogen-bond acceptors (Lipinski definition) is 5. The topological polar surface area (TPSA) is 83.8 Å². The molecule has 0 aromatic rings. The minimum Gasteiger partial charge on any atom is -0.461 e. The van der Waals surface area contributed by atoms with Gasteiger partial charge in [-0.15, -0.1) is 0 Å². The van der Waals surface area contributed by atoms with E-state index in [1.807, 2.05) is 0 Å². The molecular weight excluding hydrogens is 247 g/mol. The van der Waals surface area contributed by atoms with E-state index in [4.69, 9.17) is 9.79 Å². The van der Waals surface area contributed by atoms with Crippen molar-refractivity contribution in [1.29, 1.82) is 0 Å². The summed E-state index contributed by atoms with van der Waals surface area (Å²) in [6.45, 7) is -0.929. The van der Waals surface area contributed by atoms with Crippen molar-refractivity contribution in [3.8, 4) is 0 Å². The van der Waals surface area contributed by atoms with Gasteiger partial charge >= 0.3 is 12.8 Å². The predicted octanol–water partition coefficient (Wildman–Crippen LogP) is 0.840. The summed E-state index contributed by atoms with van der Waals surface area (Å²) >= 11 is 4.04. The van der Waals surface area contributed by atoms with Crippen LogP contribution in [0.25, 0.3) is 0 Å². The van der Waals surface area contributed by atoms with Gasteiger partial charge in [-0.25, -0.2) is 4.57 Å². The number of carbonyl (C=O) groups is 1. The van der Waals surface area contributed by atoms with Gasteiger partial charge in [-0.1, -0.05) is 12.7 Å². The highest BCUT2D eigenvalue weighted by Gasteiger charge is 2.28. The molecule has 0 saturated heterocycles. The summed E-state index contributed by atoms with van der Waals surface area (Å²) in [6, 6.07) is 0. The third kappa shape index (κ3) is 6.50. The summed E-state index contributed by atoms with van der Waals surface area (Å²) in [5, 5.41) is -0.959. The van der Waals surface area contributed by atoms with E-state index in [-0.39, 0.29) is 23.7 Å². The number of thiol groups is 1. The average Bonchev–Trinajstić information content (AvgIpc) is 2.08. The molecule has 0 aromatic heterocycles. The quantitative estimate of drug-likeness (QED) is 0.283. The molecule has 0 radical (unpaired) electrons. The Balaban J connectivity index is 4.19. The molecule has 0 bridgehead atoms. The van der Waals surface area contributed by atoms with Gasteiger partial charge in [-0.3, -0.25) is 4.79 Å². The second kappa shape index (κ2) is 6.53. The lowest BCUT2D eigenvalue weighted by atomic mass is 10.5. The maximum absolute atomic E-state index is 11.1. The van der Waals surface area contributed by atoms with Crippen LogP contribution in [0.2, 0.25) is 0 Å². The molecule has 0 spiro atoms. The van der Waals surface area contributed by atoms with Crippen LogP contribution in [0.1, 0.15) is 0 Å². The first-order valence-electron chi connectivity index (χ1n) is 3.53. The fourth-order valence-electron chi connectivity index (χ4n) is 0.551. The van der Waals surface area contributed by atoms with E-state index in [1.165, 1.54) is 6.08 Å². The summed E-state index contributed by atoms with van der Waals surface area (Å²) in [7, 11) is 0. The molecule has 1 unspecified atom stereocenters. The Hall–Kier alpha value is 0.0600. The van der Waals surface area contributed by atoms with Gasteiger partial charge in [0.1, 0.15) is 11.9 Å². The highest BCUT2D eigenvalue weighted by atomic mass is 32.7. The smallest absolute Gasteiger partial charge is 0.384 e. The molecule has 0 aliphatic carbocycles. The van der Waals surface area contributed by atoms with Gasteiger partial charge in [0.15, 0.2) is 0 Å². The third-order valence-electron chi connectivity index (χ3n) is 1.04. The molecule has 82 valence electrons. The number of ether oxygens (including phenoxy) is 1. The van der Waals surface area contributed by atoms with Gasteiger partial charge < -0.3 is 14.5 Å². The van der Waals surface area contributed by atoms with Crippen molar-refractivity contribution in [3.63, 3.8) is 0 Å². The maximum atomic E-state index is 11.1. The van der Waals surface area contributed by atoms with Crippen molar-refractivity contribution in [3.05, 3.63) is 12.7 Å². The Morgan fingerprint density at radius 3 is 2.64 bits per heavy atom. The fraction of sp³-hybridized carbons (Fsp3) is 0.500. The van der Waals surface area contributed by atoms with Gasteiger partial charge in [0, 0.05) is 5.75 Å². The second-order valence-electron chi connectivity index (χ2n) is 2.19. The average molecular weight is 258 g/mol. The molecule has 8 heteroatoms. The van der Waals surface area contributed by atoms with E-state index in [1.54, 1.807) is 0 Å². The van der Waals surface area contributed by atoms with Crippen LogP contribution >= 0.6 is 30.8 Å². The fourth-order valence-corrected chi connectivity index (χ4v) is 3.30. The lowest BCUT2D eigenvalue weighted by Gasteiger charge is -2.12. The summed E-state index contributed by atoms with van der Waals surface area (Å²) in [6.07, 6.45) is 1.37. The molecule has 0 fully saturated rings. The van der Waals surface area contributed by atoms with Gasteiger partial charge in [0.25, 0.3) is 0 Å². The van der Waals surface area contributed by atoms with Crippen LogP contribution in [0.15, 0.2) is 12.7 Å². The molecule has 0 heterocycles. The normalized spacial score (nSPS) is 13.4. The van der Waals surface area contributed by atoms with Gasteiger partial charge in [0.05, 0.1) is 0 Å². The molecule has 2 N–H and O–H groups in total. The molecule has 0 saturated carbocycles.